The number of para-hydroxylation sites is 1. The Balaban J connectivity index is 1.72. The highest BCUT2D eigenvalue weighted by Gasteiger charge is 2.57. The van der Waals surface area contributed by atoms with Crippen LogP contribution in [0.4, 0.5) is 5.69 Å². The van der Waals surface area contributed by atoms with Gasteiger partial charge in [0.05, 0.1) is 0 Å². The molecule has 1 fully saturated rings. The van der Waals surface area contributed by atoms with Crippen molar-refractivity contribution in [2.75, 3.05) is 11.4 Å². The molecule has 2 aromatic carbocycles. The van der Waals surface area contributed by atoms with E-state index in [-0.39, 0.29) is 11.3 Å². The van der Waals surface area contributed by atoms with Crippen LogP contribution in [0.5, 0.6) is 0 Å². The van der Waals surface area contributed by atoms with Crippen LogP contribution in [-0.2, 0) is 10.2 Å². The molecule has 4 rings (SSSR count). The molecule has 2 aromatic rings. The van der Waals surface area contributed by atoms with Crippen molar-refractivity contribution in [3.05, 3.63) is 84.0 Å². The van der Waals surface area contributed by atoms with E-state index in [0.29, 0.717) is 6.42 Å². The van der Waals surface area contributed by atoms with Gasteiger partial charge in [0.15, 0.2) is 0 Å². The minimum atomic E-state index is -0.535. The highest BCUT2D eigenvalue weighted by molar-refractivity contribution is 5.84. The van der Waals surface area contributed by atoms with Gasteiger partial charge in [-0.05, 0) is 23.3 Å². The highest BCUT2D eigenvalue weighted by atomic mass is 16.2. The molecule has 2 aliphatic rings. The Morgan fingerprint density at radius 2 is 1.73 bits per heavy atom. The summed E-state index contributed by atoms with van der Waals surface area (Å²) in [5.41, 5.74) is 2.89. The van der Waals surface area contributed by atoms with Crippen molar-refractivity contribution in [3.63, 3.8) is 0 Å². The van der Waals surface area contributed by atoms with Gasteiger partial charge >= 0.3 is 0 Å². The molecule has 0 unspecified atom stereocenters. The molecule has 0 saturated carbocycles. The first-order chi connectivity index (χ1) is 12.5. The molecule has 0 bridgehead atoms. The lowest BCUT2D eigenvalue weighted by molar-refractivity contribution is -0.124. The largest absolute Gasteiger partial charge is 0.344 e. The monoisotopic (exact) mass is 344 g/mol. The maximum atomic E-state index is 12.3. The quantitative estimate of drug-likeness (QED) is 0.844. The van der Waals surface area contributed by atoms with Gasteiger partial charge in [-0.2, -0.15) is 0 Å². The van der Waals surface area contributed by atoms with Crippen molar-refractivity contribution in [3.8, 4) is 0 Å². The average molecular weight is 344 g/mol. The molecule has 1 atom stereocenters. The molecule has 1 N–H and O–H groups in total. The van der Waals surface area contributed by atoms with Gasteiger partial charge in [-0.15, -0.1) is 0 Å². The van der Waals surface area contributed by atoms with Crippen LogP contribution < -0.4 is 10.2 Å². The molecule has 1 saturated heterocycles. The van der Waals surface area contributed by atoms with E-state index in [4.69, 9.17) is 0 Å². The van der Waals surface area contributed by atoms with Crippen LogP contribution in [0.25, 0.3) is 6.08 Å². The predicted molar refractivity (Wildman–Crippen MR) is 107 cm³/mol. The van der Waals surface area contributed by atoms with Gasteiger partial charge in [0, 0.05) is 24.1 Å². The number of fused-ring (bicyclic) bond motifs is 3. The molecule has 0 radical (unpaired) electrons. The number of allylic oxidation sites excluding steroid dienone is 2. The number of carbonyl (C=O) groups excluding carboxylic acids is 1. The summed E-state index contributed by atoms with van der Waals surface area (Å²) >= 11 is 0. The molecule has 1 amide bonds. The van der Waals surface area contributed by atoms with Crippen LogP contribution in [0.3, 0.4) is 0 Å². The summed E-state index contributed by atoms with van der Waals surface area (Å²) in [5, 5.41) is 3.29. The zero-order valence-corrected chi connectivity index (χ0v) is 15.3. The van der Waals surface area contributed by atoms with E-state index in [0.717, 1.165) is 12.1 Å². The molecule has 26 heavy (non-hydrogen) atoms. The maximum absolute atomic E-state index is 12.3. The first-order valence-electron chi connectivity index (χ1n) is 9.14. The van der Waals surface area contributed by atoms with Gasteiger partial charge < -0.3 is 10.2 Å². The van der Waals surface area contributed by atoms with E-state index in [1.165, 1.54) is 11.3 Å². The number of benzene rings is 2. The third-order valence-electron chi connectivity index (χ3n) is 5.68. The third-order valence-corrected chi connectivity index (χ3v) is 5.68. The van der Waals surface area contributed by atoms with Crippen molar-refractivity contribution in [1.82, 2.24) is 5.32 Å². The fraction of sp³-hybridized carbons (Fsp3) is 0.261. The second kappa shape index (κ2) is 6.17. The van der Waals surface area contributed by atoms with E-state index >= 15 is 0 Å². The van der Waals surface area contributed by atoms with Crippen LogP contribution in [0.2, 0.25) is 0 Å². The molecule has 3 heteroatoms. The summed E-state index contributed by atoms with van der Waals surface area (Å²) in [7, 11) is 0. The van der Waals surface area contributed by atoms with Gasteiger partial charge in [0.1, 0.15) is 5.66 Å². The number of amides is 1. The Morgan fingerprint density at radius 1 is 1.00 bits per heavy atom. The van der Waals surface area contributed by atoms with Crippen molar-refractivity contribution >= 4 is 17.7 Å². The molecule has 2 heterocycles. The summed E-state index contributed by atoms with van der Waals surface area (Å²) in [6.45, 7) is 5.16. The Hall–Kier alpha value is -2.81. The molecule has 0 spiro atoms. The van der Waals surface area contributed by atoms with E-state index in [1.54, 1.807) is 0 Å². The fourth-order valence-corrected chi connectivity index (χ4v) is 4.24. The smallest absolute Gasteiger partial charge is 0.223 e. The lowest BCUT2D eigenvalue weighted by Crippen LogP contribution is -2.68. The molecule has 132 valence electrons. The van der Waals surface area contributed by atoms with Gasteiger partial charge in [0.2, 0.25) is 5.91 Å². The molecule has 3 nitrogen and oxygen atoms in total. The van der Waals surface area contributed by atoms with Crippen LogP contribution in [0.15, 0.2) is 72.8 Å². The summed E-state index contributed by atoms with van der Waals surface area (Å²) in [5.74, 6) is 0.110. The fourth-order valence-electron chi connectivity index (χ4n) is 4.24. The molecule has 0 aliphatic carbocycles. The highest BCUT2D eigenvalue weighted by Crippen LogP contribution is 2.52. The zero-order valence-electron chi connectivity index (χ0n) is 15.3. The van der Waals surface area contributed by atoms with Crippen molar-refractivity contribution in [2.24, 2.45) is 0 Å². The van der Waals surface area contributed by atoms with Crippen LogP contribution >= 0.6 is 0 Å². The first kappa shape index (κ1) is 16.6. The number of hydrogen-bond acceptors (Lipinski definition) is 2. The summed E-state index contributed by atoms with van der Waals surface area (Å²) in [6.07, 6.45) is 8.85. The number of nitrogens with zero attached hydrogens (tertiary/aromatic N) is 1. The van der Waals surface area contributed by atoms with Crippen molar-refractivity contribution in [2.45, 2.75) is 31.3 Å². The number of carbonyl (C=O) groups is 1. The number of nitrogens with one attached hydrogen (secondary N) is 1. The molecular weight excluding hydrogens is 320 g/mol. The SMILES string of the molecule is CC1(C)c2ccccc2N2CCC(=O)N[C@@]21C=CC=Cc1ccccc1. The maximum Gasteiger partial charge on any atom is 0.223 e. The molecular formula is C23H24N2O. The van der Waals surface area contributed by atoms with Gasteiger partial charge in [-0.25, -0.2) is 0 Å². The standard InChI is InChI=1S/C23H24N2O/c1-22(2)19-13-6-7-14-20(19)25-17-15-21(26)24-23(22,25)16-9-8-12-18-10-4-3-5-11-18/h3-14,16H,15,17H2,1-2H3,(H,24,26)/t23-/m0/s1. The number of rotatable bonds is 3. The van der Waals surface area contributed by atoms with E-state index in [9.17, 15) is 4.79 Å². The summed E-state index contributed by atoms with van der Waals surface area (Å²) in [4.78, 5) is 14.7. The van der Waals surface area contributed by atoms with Gasteiger partial charge in [0.25, 0.3) is 0 Å². The molecule has 0 aromatic heterocycles. The Morgan fingerprint density at radius 3 is 2.54 bits per heavy atom. The van der Waals surface area contributed by atoms with Crippen molar-refractivity contribution < 1.29 is 4.79 Å². The Labute approximate surface area is 155 Å². The minimum absolute atomic E-state index is 0.110. The Bertz CT molecular complexity index is 882. The average Bonchev–Trinajstić information content (AvgIpc) is 2.84. The first-order valence-corrected chi connectivity index (χ1v) is 9.14. The molecule has 2 aliphatic heterocycles. The summed E-state index contributed by atoms with van der Waals surface area (Å²) < 4.78 is 0. The normalized spacial score (nSPS) is 23.9. The zero-order chi connectivity index (χ0) is 18.2. The lowest BCUT2D eigenvalue weighted by atomic mass is 9.74. The minimum Gasteiger partial charge on any atom is -0.344 e. The van der Waals surface area contributed by atoms with E-state index < -0.39 is 5.66 Å². The third kappa shape index (κ3) is 2.47. The number of anilines is 1. The summed E-state index contributed by atoms with van der Waals surface area (Å²) in [6, 6.07) is 18.7. The van der Waals surface area contributed by atoms with Crippen LogP contribution in [0, 0.1) is 0 Å². The van der Waals surface area contributed by atoms with Crippen LogP contribution in [0.1, 0.15) is 31.4 Å². The van der Waals surface area contributed by atoms with Crippen LogP contribution in [-0.4, -0.2) is 18.1 Å². The predicted octanol–water partition coefficient (Wildman–Crippen LogP) is 4.27. The van der Waals surface area contributed by atoms with E-state index in [2.05, 4.69) is 78.7 Å². The van der Waals surface area contributed by atoms with Crippen molar-refractivity contribution in [1.29, 1.82) is 0 Å². The van der Waals surface area contributed by atoms with Gasteiger partial charge in [-0.1, -0.05) is 80.6 Å². The number of hydrogen-bond donors (Lipinski definition) is 1. The second-order valence-electron chi connectivity index (χ2n) is 7.49. The lowest BCUT2D eigenvalue weighted by Gasteiger charge is -2.49. The second-order valence-corrected chi connectivity index (χ2v) is 7.49. The topological polar surface area (TPSA) is 32.3 Å². The van der Waals surface area contributed by atoms with Gasteiger partial charge in [-0.3, -0.25) is 4.79 Å². The van der Waals surface area contributed by atoms with E-state index in [1.807, 2.05) is 24.3 Å². The Kier molecular flexibility index (Phi) is 3.95.